The topological polar surface area (TPSA) is 209 Å². The van der Waals surface area contributed by atoms with Crippen LogP contribution < -0.4 is 4.74 Å². The maximum absolute atomic E-state index is 11.6. The molecular formula is C33H42Cl2N3O10P. The smallest absolute Gasteiger partial charge is 0.358 e. The Labute approximate surface area is 294 Å². The van der Waals surface area contributed by atoms with Crippen LogP contribution in [-0.2, 0) is 14.2 Å². The lowest BCUT2D eigenvalue weighted by Crippen LogP contribution is -2.50. The monoisotopic (exact) mass is 741 g/mol. The molecule has 0 amide bonds. The van der Waals surface area contributed by atoms with Gasteiger partial charge in [0.1, 0.15) is 5.75 Å². The minimum absolute atomic E-state index is 0.147. The number of ether oxygens (including phenoxy) is 1. The number of carboxylic acids is 3. The second-order valence-electron chi connectivity index (χ2n) is 12.7. The Kier molecular flexibility index (Phi) is 14.2. The molecule has 4 aliphatic rings. The van der Waals surface area contributed by atoms with E-state index in [9.17, 15) is 23.9 Å². The second kappa shape index (κ2) is 17.4. The first-order valence-corrected chi connectivity index (χ1v) is 18.1. The lowest BCUT2D eigenvalue weighted by molar-refractivity contribution is -0.139. The summed E-state index contributed by atoms with van der Waals surface area (Å²) in [4.78, 5) is 49.0. The van der Waals surface area contributed by atoms with Gasteiger partial charge in [0.25, 0.3) is 5.97 Å². The van der Waals surface area contributed by atoms with Crippen LogP contribution >= 0.6 is 30.8 Å². The van der Waals surface area contributed by atoms with Crippen molar-refractivity contribution in [3.05, 3.63) is 70.0 Å². The van der Waals surface area contributed by atoms with Crippen LogP contribution in [0.3, 0.4) is 0 Å². The van der Waals surface area contributed by atoms with Crippen molar-refractivity contribution in [3.63, 3.8) is 0 Å². The molecular weight excluding hydrogens is 700 g/mol. The summed E-state index contributed by atoms with van der Waals surface area (Å²) in [5.74, 6) is -0.00818. The maximum atomic E-state index is 11.6. The highest BCUT2D eigenvalue weighted by molar-refractivity contribution is 7.53. The summed E-state index contributed by atoms with van der Waals surface area (Å²) in [6, 6.07) is 12.4. The first kappa shape index (κ1) is 40.0. The Bertz CT molecular complexity index is 1620. The van der Waals surface area contributed by atoms with Gasteiger partial charge in [-0.1, -0.05) is 60.5 Å². The highest BCUT2D eigenvalue weighted by Gasteiger charge is 2.58. The van der Waals surface area contributed by atoms with Gasteiger partial charge in [-0.3, -0.25) is 9.36 Å². The number of benzene rings is 2. The zero-order valence-electron chi connectivity index (χ0n) is 27.4. The lowest BCUT2D eigenvalue weighted by Gasteiger charge is -2.56. The van der Waals surface area contributed by atoms with Crippen molar-refractivity contribution < 1.29 is 48.8 Å². The van der Waals surface area contributed by atoms with E-state index >= 15 is 0 Å². The molecule has 4 fully saturated rings. The van der Waals surface area contributed by atoms with Crippen LogP contribution in [0.1, 0.15) is 87.7 Å². The van der Waals surface area contributed by atoms with E-state index in [1.54, 1.807) is 18.2 Å². The summed E-state index contributed by atoms with van der Waals surface area (Å²) in [6.07, 6.45) is 8.37. The van der Waals surface area contributed by atoms with Gasteiger partial charge in [0, 0.05) is 11.9 Å². The van der Waals surface area contributed by atoms with Crippen LogP contribution in [0.25, 0.3) is 5.69 Å². The molecule has 1 unspecified atom stereocenters. The quantitative estimate of drug-likeness (QED) is 0.146. The molecule has 1 aromatic heterocycles. The molecule has 268 valence electrons. The van der Waals surface area contributed by atoms with Gasteiger partial charge in [-0.25, -0.2) is 14.3 Å². The van der Waals surface area contributed by atoms with Gasteiger partial charge in [-0.15, -0.1) is 5.10 Å². The molecule has 4 saturated carbocycles. The molecule has 2 aromatic carbocycles. The number of rotatable bonds is 8. The van der Waals surface area contributed by atoms with E-state index in [0.29, 0.717) is 45.2 Å². The number of nitrogens with zero attached hydrogens (tertiary/aromatic N) is 3. The van der Waals surface area contributed by atoms with Crippen LogP contribution in [0.4, 0.5) is 0 Å². The number of carboxylic acid groups (broad SMARTS) is 3. The van der Waals surface area contributed by atoms with E-state index in [1.165, 1.54) is 30.1 Å². The molecule has 13 nitrogen and oxygen atoms in total. The Hall–Kier alpha value is -3.48. The number of aromatic nitrogens is 3. The van der Waals surface area contributed by atoms with Crippen LogP contribution in [0.15, 0.2) is 48.7 Å². The summed E-state index contributed by atoms with van der Waals surface area (Å²) in [7, 11) is -3.87. The normalized spacial score (nSPS) is 22.2. The number of aliphatic carboxylic acids is 2. The van der Waals surface area contributed by atoms with Crippen molar-refractivity contribution >= 4 is 48.7 Å². The number of carbonyl (C=O) groups is 3. The number of hydrogen-bond acceptors (Lipinski definition) is 7. The minimum Gasteiger partial charge on any atom is -0.482 e. The highest BCUT2D eigenvalue weighted by atomic mass is 35.5. The van der Waals surface area contributed by atoms with Gasteiger partial charge in [0.2, 0.25) is 0 Å². The molecule has 3 aromatic rings. The third kappa shape index (κ3) is 11.3. The van der Waals surface area contributed by atoms with E-state index in [-0.39, 0.29) is 12.3 Å². The Morgan fingerprint density at radius 3 is 2.00 bits per heavy atom. The molecule has 16 heteroatoms. The van der Waals surface area contributed by atoms with Crippen molar-refractivity contribution in [2.75, 3.05) is 6.61 Å². The van der Waals surface area contributed by atoms with Crippen LogP contribution in [0, 0.1) is 17.8 Å². The first-order chi connectivity index (χ1) is 22.9. The van der Waals surface area contributed by atoms with E-state index in [2.05, 4.69) is 24.2 Å². The van der Waals surface area contributed by atoms with Crippen LogP contribution in [0.2, 0.25) is 10.0 Å². The molecule has 1 atom stereocenters. The van der Waals surface area contributed by atoms with Crippen molar-refractivity contribution in [2.24, 2.45) is 17.8 Å². The van der Waals surface area contributed by atoms with Gasteiger partial charge >= 0.3 is 19.5 Å². The van der Waals surface area contributed by atoms with Crippen molar-refractivity contribution in [3.8, 4) is 11.4 Å². The molecule has 7 rings (SSSR count). The third-order valence-corrected chi connectivity index (χ3v) is 11.2. The summed E-state index contributed by atoms with van der Waals surface area (Å²) in [6.45, 7) is 5.00. The van der Waals surface area contributed by atoms with E-state index < -0.39 is 30.7 Å². The zero-order chi connectivity index (χ0) is 36.5. The molecule has 5 N–H and O–H groups in total. The molecule has 0 spiro atoms. The fourth-order valence-corrected chi connectivity index (χ4v) is 8.93. The summed E-state index contributed by atoms with van der Waals surface area (Å²) >= 11 is 11.7. The average Bonchev–Trinajstić information content (AvgIpc) is 3.50. The number of aromatic carboxylic acids is 1. The number of halogens is 2. The van der Waals surface area contributed by atoms with Gasteiger partial charge < -0.3 is 29.8 Å². The molecule has 4 bridgehead atoms. The standard InChI is InChI=1S/C12H16O3.C10H17O3P.C9H5Cl2N3O2.C2H4O2/c1-3-9(2)10-6-4-5-7-11(10)15-8-12(13)14;11-14(12,13)10-4-7-1-8(5-10)3-9(2-7)6-10;10-5-1-2-8(6(11)3-5)14-4-7(9(15)16)12-13-14;1-2(3)4/h4-7,9H,3,8H2,1-2H3,(H,13,14);7-9H,1-6H2,(H2,11,12,13);1-4H,(H,15,16);1H3,(H,3,4). The van der Waals surface area contributed by atoms with E-state index in [1.807, 2.05) is 24.3 Å². The second-order valence-corrected chi connectivity index (χ2v) is 15.6. The lowest BCUT2D eigenvalue weighted by atomic mass is 9.56. The first-order valence-electron chi connectivity index (χ1n) is 15.7. The largest absolute Gasteiger partial charge is 0.482 e. The molecule has 0 aliphatic heterocycles. The van der Waals surface area contributed by atoms with Crippen LogP contribution in [0.5, 0.6) is 5.75 Å². The summed E-state index contributed by atoms with van der Waals surface area (Å²) < 4.78 is 18.1. The van der Waals surface area contributed by atoms with Crippen molar-refractivity contribution in [1.82, 2.24) is 15.0 Å². The minimum atomic E-state index is -3.87. The Balaban J connectivity index is 0.000000189. The fraction of sp³-hybridized carbons (Fsp3) is 0.485. The van der Waals surface area contributed by atoms with Crippen molar-refractivity contribution in [1.29, 1.82) is 0 Å². The molecule has 0 saturated heterocycles. The molecule has 4 aliphatic carbocycles. The van der Waals surface area contributed by atoms with Gasteiger partial charge in [-0.2, -0.15) is 0 Å². The van der Waals surface area contributed by atoms with Gasteiger partial charge in [-0.05, 0) is 98.4 Å². The van der Waals surface area contributed by atoms with Gasteiger partial charge in [0.15, 0.2) is 12.3 Å². The fourth-order valence-electron chi connectivity index (χ4n) is 6.95. The molecule has 49 heavy (non-hydrogen) atoms. The Morgan fingerprint density at radius 2 is 1.55 bits per heavy atom. The predicted octanol–water partition coefficient (Wildman–Crippen LogP) is 7.16. The molecule has 1 heterocycles. The van der Waals surface area contributed by atoms with Crippen molar-refractivity contribution in [2.45, 2.75) is 76.8 Å². The Morgan fingerprint density at radius 1 is 1.00 bits per heavy atom. The van der Waals surface area contributed by atoms with Gasteiger partial charge in [0.05, 0.1) is 22.1 Å². The SMILES string of the molecule is CC(=O)O.CCC(C)c1ccccc1OCC(=O)O.O=C(O)c1cn(-c2ccc(Cl)cc2Cl)nn1.O=P(O)(O)C12CC3CC(CC(C3)C1)C2. The molecule has 0 radical (unpaired) electrons. The summed E-state index contributed by atoms with van der Waals surface area (Å²) in [5.41, 5.74) is 1.44. The number of hydrogen-bond donors (Lipinski definition) is 5. The number of para-hydroxylation sites is 1. The van der Waals surface area contributed by atoms with E-state index in [0.717, 1.165) is 38.2 Å². The summed E-state index contributed by atoms with van der Waals surface area (Å²) in [5, 5.41) is 32.0. The predicted molar refractivity (Wildman–Crippen MR) is 183 cm³/mol. The zero-order valence-corrected chi connectivity index (χ0v) is 29.8. The third-order valence-electron chi connectivity index (χ3n) is 8.91. The van der Waals surface area contributed by atoms with Crippen LogP contribution in [-0.4, -0.2) is 69.8 Å². The average molecular weight is 743 g/mol. The maximum Gasteiger partial charge on any atom is 0.358 e. The highest BCUT2D eigenvalue weighted by Crippen LogP contribution is 2.69. The van der Waals surface area contributed by atoms with E-state index in [4.69, 9.17) is 48.1 Å².